The van der Waals surface area contributed by atoms with Crippen LogP contribution in [-0.4, -0.2) is 25.9 Å². The van der Waals surface area contributed by atoms with Crippen molar-refractivity contribution in [1.29, 1.82) is 0 Å². The van der Waals surface area contributed by atoms with Crippen molar-refractivity contribution in [2.24, 2.45) is 0 Å². The van der Waals surface area contributed by atoms with E-state index in [1.54, 1.807) is 29.3 Å². The number of aromatic nitrogens is 4. The van der Waals surface area contributed by atoms with Gasteiger partial charge in [-0.25, -0.2) is 4.68 Å². The molecule has 4 rings (SSSR count). The maximum Gasteiger partial charge on any atom is 0.226 e. The third-order valence-corrected chi connectivity index (χ3v) is 6.95. The summed E-state index contributed by atoms with van der Waals surface area (Å²) in [6.45, 7) is 0. The van der Waals surface area contributed by atoms with Gasteiger partial charge in [0.1, 0.15) is 0 Å². The Morgan fingerprint density at radius 2 is 2.04 bits per heavy atom. The Kier molecular flexibility index (Phi) is 6.15. The molecule has 4 aromatic rings. The molecule has 0 saturated heterocycles. The molecule has 1 amide bonds. The highest BCUT2D eigenvalue weighted by Gasteiger charge is 2.10. The fraction of sp³-hybridized carbons (Fsp3) is 0.158. The van der Waals surface area contributed by atoms with E-state index in [1.807, 2.05) is 47.3 Å². The number of hydrogen-bond donors (Lipinski definition) is 1. The van der Waals surface area contributed by atoms with E-state index in [2.05, 4.69) is 32.1 Å². The average Bonchev–Trinajstić information content (AvgIpc) is 3.47. The number of rotatable bonds is 8. The van der Waals surface area contributed by atoms with Gasteiger partial charge in [-0.1, -0.05) is 47.4 Å². The summed E-state index contributed by atoms with van der Waals surface area (Å²) in [4.78, 5) is 13.5. The number of amides is 1. The quantitative estimate of drug-likeness (QED) is 0.327. The number of carbonyl (C=O) groups excluding carboxylic acids is 1. The summed E-state index contributed by atoms with van der Waals surface area (Å²) >= 11 is 4.76. The number of nitrogens with one attached hydrogen (secondary N) is 1. The van der Waals surface area contributed by atoms with Crippen LogP contribution in [-0.2, 0) is 17.0 Å². The van der Waals surface area contributed by atoms with Crippen LogP contribution in [0.2, 0.25) is 0 Å². The normalized spacial score (nSPS) is 10.9. The molecule has 3 heterocycles. The predicted octanol–water partition coefficient (Wildman–Crippen LogP) is 4.65. The molecule has 0 fully saturated rings. The SMILES string of the molecule is O=C(CCc1cnn(-c2ccccc2)c1)Nc1nnc(SCc2cccs2)s1. The van der Waals surface area contributed by atoms with Gasteiger partial charge in [0.15, 0.2) is 4.34 Å². The lowest BCUT2D eigenvalue weighted by Gasteiger charge is -2.00. The number of thiophene rings is 1. The molecule has 3 aromatic heterocycles. The number of thioether (sulfide) groups is 1. The van der Waals surface area contributed by atoms with E-state index in [0.29, 0.717) is 18.0 Å². The lowest BCUT2D eigenvalue weighted by molar-refractivity contribution is -0.116. The number of hydrogen-bond acceptors (Lipinski definition) is 7. The standard InChI is InChI=1S/C19H17N5OS3/c25-17(9-8-14-11-20-24(12-14)15-5-2-1-3-6-15)21-18-22-23-19(28-18)27-13-16-7-4-10-26-16/h1-7,10-12H,8-9,13H2,(H,21,22,25). The van der Waals surface area contributed by atoms with Gasteiger partial charge in [-0.3, -0.25) is 4.79 Å². The monoisotopic (exact) mass is 427 g/mol. The summed E-state index contributed by atoms with van der Waals surface area (Å²) in [6.07, 6.45) is 4.74. The third kappa shape index (κ3) is 5.06. The van der Waals surface area contributed by atoms with Crippen molar-refractivity contribution in [3.05, 3.63) is 70.7 Å². The first kappa shape index (κ1) is 18.9. The first-order valence-electron chi connectivity index (χ1n) is 8.64. The lowest BCUT2D eigenvalue weighted by atomic mass is 10.2. The fourth-order valence-corrected chi connectivity index (χ4v) is 5.04. The minimum atomic E-state index is -0.0709. The van der Waals surface area contributed by atoms with E-state index >= 15 is 0 Å². The number of nitrogens with zero attached hydrogens (tertiary/aromatic N) is 4. The van der Waals surface area contributed by atoms with E-state index in [1.165, 1.54) is 16.2 Å². The van der Waals surface area contributed by atoms with E-state index in [-0.39, 0.29) is 5.91 Å². The second kappa shape index (κ2) is 9.13. The summed E-state index contributed by atoms with van der Waals surface area (Å²) in [5, 5.41) is 18.0. The van der Waals surface area contributed by atoms with Crippen molar-refractivity contribution in [3.63, 3.8) is 0 Å². The van der Waals surface area contributed by atoms with Gasteiger partial charge in [0, 0.05) is 23.2 Å². The Labute approximate surface area is 174 Å². The second-order valence-corrected chi connectivity index (χ2v) is 9.15. The summed E-state index contributed by atoms with van der Waals surface area (Å²) < 4.78 is 2.67. The topological polar surface area (TPSA) is 72.7 Å². The number of aryl methyl sites for hydroxylation is 1. The van der Waals surface area contributed by atoms with Crippen LogP contribution < -0.4 is 5.32 Å². The van der Waals surface area contributed by atoms with Gasteiger partial charge in [0.25, 0.3) is 0 Å². The van der Waals surface area contributed by atoms with Crippen LogP contribution in [0, 0.1) is 0 Å². The maximum absolute atomic E-state index is 12.2. The highest BCUT2D eigenvalue weighted by molar-refractivity contribution is 8.00. The van der Waals surface area contributed by atoms with Crippen molar-refractivity contribution in [2.75, 3.05) is 5.32 Å². The molecule has 0 aliphatic rings. The molecule has 0 spiro atoms. The van der Waals surface area contributed by atoms with Crippen LogP contribution in [0.4, 0.5) is 5.13 Å². The number of para-hydroxylation sites is 1. The zero-order valence-corrected chi connectivity index (χ0v) is 17.3. The Hall–Kier alpha value is -2.49. The largest absolute Gasteiger partial charge is 0.300 e. The number of anilines is 1. The van der Waals surface area contributed by atoms with Crippen molar-refractivity contribution in [1.82, 2.24) is 20.0 Å². The van der Waals surface area contributed by atoms with Crippen LogP contribution in [0.1, 0.15) is 16.9 Å². The van der Waals surface area contributed by atoms with Crippen LogP contribution >= 0.6 is 34.4 Å². The van der Waals surface area contributed by atoms with Crippen molar-refractivity contribution in [3.8, 4) is 5.69 Å². The number of carbonyl (C=O) groups is 1. The number of benzene rings is 1. The smallest absolute Gasteiger partial charge is 0.226 e. The van der Waals surface area contributed by atoms with E-state index < -0.39 is 0 Å². The molecule has 1 aromatic carbocycles. The van der Waals surface area contributed by atoms with Crippen LogP contribution in [0.5, 0.6) is 0 Å². The predicted molar refractivity (Wildman–Crippen MR) is 114 cm³/mol. The van der Waals surface area contributed by atoms with Crippen molar-refractivity contribution in [2.45, 2.75) is 22.9 Å². The molecule has 0 atom stereocenters. The van der Waals surface area contributed by atoms with Gasteiger partial charge in [0.2, 0.25) is 11.0 Å². The lowest BCUT2D eigenvalue weighted by Crippen LogP contribution is -2.12. The van der Waals surface area contributed by atoms with Gasteiger partial charge >= 0.3 is 0 Å². The summed E-state index contributed by atoms with van der Waals surface area (Å²) in [5.41, 5.74) is 2.02. The first-order valence-corrected chi connectivity index (χ1v) is 11.3. The molecule has 6 nitrogen and oxygen atoms in total. The summed E-state index contributed by atoms with van der Waals surface area (Å²) in [5.74, 6) is 0.796. The molecule has 0 aliphatic heterocycles. The molecule has 9 heteroatoms. The van der Waals surface area contributed by atoms with Gasteiger partial charge in [-0.15, -0.1) is 21.5 Å². The molecular weight excluding hydrogens is 410 g/mol. The van der Waals surface area contributed by atoms with Gasteiger partial charge in [-0.2, -0.15) is 5.10 Å². The molecule has 142 valence electrons. The molecule has 0 unspecified atom stereocenters. The maximum atomic E-state index is 12.2. The van der Waals surface area contributed by atoms with E-state index in [0.717, 1.165) is 21.3 Å². The summed E-state index contributed by atoms with van der Waals surface area (Å²) in [6, 6.07) is 14.0. The van der Waals surface area contributed by atoms with Crippen molar-refractivity contribution >= 4 is 45.5 Å². The zero-order chi connectivity index (χ0) is 19.2. The molecule has 1 N–H and O–H groups in total. The second-order valence-electron chi connectivity index (χ2n) is 5.92. The Balaban J connectivity index is 1.25. The van der Waals surface area contributed by atoms with Crippen LogP contribution in [0.3, 0.4) is 0 Å². The van der Waals surface area contributed by atoms with Crippen LogP contribution in [0.25, 0.3) is 5.69 Å². The Morgan fingerprint density at radius 1 is 1.14 bits per heavy atom. The first-order chi connectivity index (χ1) is 13.8. The Bertz CT molecular complexity index is 1030. The summed E-state index contributed by atoms with van der Waals surface area (Å²) in [7, 11) is 0. The molecule has 0 saturated carbocycles. The van der Waals surface area contributed by atoms with Gasteiger partial charge in [0.05, 0.1) is 11.9 Å². The minimum Gasteiger partial charge on any atom is -0.300 e. The van der Waals surface area contributed by atoms with E-state index in [4.69, 9.17) is 0 Å². The van der Waals surface area contributed by atoms with Crippen molar-refractivity contribution < 1.29 is 4.79 Å². The minimum absolute atomic E-state index is 0.0709. The fourth-order valence-electron chi connectivity index (χ4n) is 2.50. The molecular formula is C19H17N5OS3. The van der Waals surface area contributed by atoms with Gasteiger partial charge < -0.3 is 5.32 Å². The molecule has 0 aliphatic carbocycles. The average molecular weight is 428 g/mol. The Morgan fingerprint density at radius 3 is 2.86 bits per heavy atom. The van der Waals surface area contributed by atoms with Crippen LogP contribution in [0.15, 0.2) is 64.6 Å². The third-order valence-electron chi connectivity index (χ3n) is 3.87. The van der Waals surface area contributed by atoms with E-state index in [9.17, 15) is 4.79 Å². The molecule has 0 radical (unpaired) electrons. The zero-order valence-electron chi connectivity index (χ0n) is 14.8. The highest BCUT2D eigenvalue weighted by Crippen LogP contribution is 2.29. The molecule has 0 bridgehead atoms. The highest BCUT2D eigenvalue weighted by atomic mass is 32.2. The van der Waals surface area contributed by atoms with Gasteiger partial charge in [-0.05, 0) is 35.6 Å². The molecule has 28 heavy (non-hydrogen) atoms.